The van der Waals surface area contributed by atoms with Gasteiger partial charge in [0.1, 0.15) is 18.4 Å². The molecule has 3 aliphatic heterocycles. The molecule has 2 atom stereocenters. The number of ether oxygens (including phenoxy) is 1. The normalized spacial score (nSPS) is 23.8. The van der Waals surface area contributed by atoms with E-state index in [4.69, 9.17) is 4.74 Å². The molecule has 0 spiro atoms. The average Bonchev–Trinajstić information content (AvgIpc) is 2.90. The number of quaternary nitrogens is 1. The Morgan fingerprint density at radius 2 is 1.72 bits per heavy atom. The second-order valence-corrected chi connectivity index (χ2v) is 10.0. The van der Waals surface area contributed by atoms with Crippen LogP contribution in [0.15, 0.2) is 72.8 Å². The van der Waals surface area contributed by atoms with Crippen molar-refractivity contribution in [2.45, 2.75) is 38.5 Å². The van der Waals surface area contributed by atoms with Gasteiger partial charge in [0.2, 0.25) is 0 Å². The Morgan fingerprint density at radius 3 is 2.42 bits per heavy atom. The summed E-state index contributed by atoms with van der Waals surface area (Å²) in [5.41, 5.74) is 1.94. The summed E-state index contributed by atoms with van der Waals surface area (Å²) in [6.07, 6.45) is 1.05. The molecule has 0 aromatic heterocycles. The van der Waals surface area contributed by atoms with Crippen LogP contribution < -0.4 is 4.90 Å². The van der Waals surface area contributed by atoms with Crippen molar-refractivity contribution in [1.29, 1.82) is 0 Å². The lowest BCUT2D eigenvalue weighted by Crippen LogP contribution is -2.65. The van der Waals surface area contributed by atoms with Crippen LogP contribution in [0.2, 0.25) is 0 Å². The number of piperidine rings is 3. The number of hydrogen-bond acceptors (Lipinski definition) is 2. The first-order chi connectivity index (χ1) is 17.3. The van der Waals surface area contributed by atoms with Crippen LogP contribution in [0.1, 0.15) is 36.9 Å². The summed E-state index contributed by atoms with van der Waals surface area (Å²) in [6.45, 7) is 4.96. The lowest BCUT2D eigenvalue weighted by Gasteiger charge is -2.55. The summed E-state index contributed by atoms with van der Waals surface area (Å²) in [4.78, 5) is 14.8. The van der Waals surface area contributed by atoms with Gasteiger partial charge in [0.25, 0.3) is 0 Å². The molecule has 3 fully saturated rings. The van der Waals surface area contributed by atoms with Gasteiger partial charge in [0.15, 0.2) is 17.7 Å². The molecule has 36 heavy (non-hydrogen) atoms. The third-order valence-corrected chi connectivity index (χ3v) is 7.98. The van der Waals surface area contributed by atoms with Crippen LogP contribution in [-0.4, -0.2) is 36.3 Å². The van der Waals surface area contributed by atoms with Gasteiger partial charge in [-0.1, -0.05) is 42.5 Å². The summed E-state index contributed by atoms with van der Waals surface area (Å²) in [5, 5.41) is 0. The van der Waals surface area contributed by atoms with Gasteiger partial charge >= 0.3 is 6.09 Å². The second-order valence-electron chi connectivity index (χ2n) is 10.0. The minimum atomic E-state index is -1.00. The number of rotatable bonds is 6. The van der Waals surface area contributed by atoms with Crippen molar-refractivity contribution in [3.8, 4) is 0 Å². The van der Waals surface area contributed by atoms with Crippen molar-refractivity contribution in [3.63, 3.8) is 0 Å². The van der Waals surface area contributed by atoms with E-state index < -0.39 is 23.5 Å². The quantitative estimate of drug-likeness (QED) is 0.360. The van der Waals surface area contributed by atoms with Gasteiger partial charge in [0, 0.05) is 24.3 Å². The lowest BCUT2D eigenvalue weighted by atomic mass is 9.81. The third-order valence-electron chi connectivity index (χ3n) is 7.98. The highest BCUT2D eigenvalue weighted by Gasteiger charge is 2.50. The maximum atomic E-state index is 14.0. The van der Waals surface area contributed by atoms with Crippen molar-refractivity contribution in [2.75, 3.05) is 24.5 Å². The number of anilines is 1. The third kappa shape index (κ3) is 4.85. The van der Waals surface area contributed by atoms with Gasteiger partial charge < -0.3 is 9.22 Å². The Kier molecular flexibility index (Phi) is 6.75. The molecule has 0 radical (unpaired) electrons. The number of benzene rings is 3. The fourth-order valence-corrected chi connectivity index (χ4v) is 5.81. The zero-order valence-corrected chi connectivity index (χ0v) is 20.2. The lowest BCUT2D eigenvalue weighted by molar-refractivity contribution is -0.972. The molecule has 3 aliphatic rings. The van der Waals surface area contributed by atoms with Crippen molar-refractivity contribution >= 4 is 11.8 Å². The van der Waals surface area contributed by atoms with Crippen LogP contribution in [0.4, 0.5) is 23.7 Å². The van der Waals surface area contributed by atoms with Crippen molar-refractivity contribution < 1.29 is 27.2 Å². The highest BCUT2D eigenvalue weighted by atomic mass is 19.2. The average molecular weight is 496 g/mol. The number of hydrogen-bond donors (Lipinski definition) is 0. The number of halogens is 3. The molecule has 188 valence electrons. The fourth-order valence-electron chi connectivity index (χ4n) is 5.81. The summed E-state index contributed by atoms with van der Waals surface area (Å²) in [6, 6.07) is 19.8. The van der Waals surface area contributed by atoms with Crippen molar-refractivity contribution in [2.24, 2.45) is 5.92 Å². The number of fused-ring (bicyclic) bond motifs is 3. The van der Waals surface area contributed by atoms with Crippen LogP contribution in [0, 0.1) is 23.4 Å². The van der Waals surface area contributed by atoms with E-state index in [0.717, 1.165) is 42.5 Å². The molecule has 1 unspecified atom stereocenters. The van der Waals surface area contributed by atoms with E-state index in [1.807, 2.05) is 18.2 Å². The molecular formula is C29H30F3N2O2+. The highest BCUT2D eigenvalue weighted by Crippen LogP contribution is 2.42. The predicted octanol–water partition coefficient (Wildman–Crippen LogP) is 6.62. The van der Waals surface area contributed by atoms with Gasteiger partial charge in [0.05, 0.1) is 25.3 Å². The Labute approximate surface area is 209 Å². The Hall–Kier alpha value is -3.32. The number of carbonyl (C=O) groups excluding carboxylic acids is 1. The molecule has 2 bridgehead atoms. The minimum Gasteiger partial charge on any atom is -0.440 e. The molecule has 4 nitrogen and oxygen atoms in total. The molecule has 0 aliphatic carbocycles. The number of carbonyl (C=O) groups is 1. The first kappa shape index (κ1) is 24.4. The van der Waals surface area contributed by atoms with E-state index in [1.54, 1.807) is 6.07 Å². The van der Waals surface area contributed by atoms with Gasteiger partial charge in [-0.25, -0.2) is 18.0 Å². The smallest absolute Gasteiger partial charge is 0.415 e. The molecule has 3 saturated heterocycles. The highest BCUT2D eigenvalue weighted by molar-refractivity contribution is 5.87. The minimum absolute atomic E-state index is 0.0721. The van der Waals surface area contributed by atoms with Crippen LogP contribution in [0.3, 0.4) is 0 Å². The van der Waals surface area contributed by atoms with Crippen LogP contribution in [0.5, 0.6) is 0 Å². The van der Waals surface area contributed by atoms with Crippen molar-refractivity contribution in [1.82, 2.24) is 0 Å². The monoisotopic (exact) mass is 495 g/mol. The zero-order chi connectivity index (χ0) is 25.3. The first-order valence-electron chi connectivity index (χ1n) is 12.4. The standard InChI is InChI=1S/C29H30F3N2O2/c1-20(22-6-3-2-4-7-22)34-14-12-23(13-15-34)28(19-34)36-29(35)33(25-9-5-8-24(30)17-25)18-21-10-11-26(31)27(32)16-21/h2-11,16-17,20,23,28H,12-15,18-19H2,1H3/q+1/t20?,23?,28-,34?/m0/s1. The Bertz CT molecular complexity index is 1230. The molecule has 0 N–H and O–H groups in total. The Balaban J connectivity index is 1.38. The van der Waals surface area contributed by atoms with Gasteiger partial charge in [-0.05, 0) is 42.8 Å². The largest absolute Gasteiger partial charge is 0.440 e. The summed E-state index contributed by atoms with van der Waals surface area (Å²) < 4.78 is 48.3. The van der Waals surface area contributed by atoms with Gasteiger partial charge in [-0.15, -0.1) is 0 Å². The molecule has 3 heterocycles. The predicted molar refractivity (Wildman–Crippen MR) is 132 cm³/mol. The molecule has 6 rings (SSSR count). The number of amides is 1. The van der Waals surface area contributed by atoms with E-state index in [-0.39, 0.29) is 24.6 Å². The molecule has 7 heteroatoms. The fraction of sp³-hybridized carbons (Fsp3) is 0.345. The molecule has 3 aromatic carbocycles. The van der Waals surface area contributed by atoms with E-state index in [9.17, 15) is 18.0 Å². The molecule has 0 saturated carbocycles. The molecule has 1 amide bonds. The summed E-state index contributed by atoms with van der Waals surface area (Å²) >= 11 is 0. The summed E-state index contributed by atoms with van der Waals surface area (Å²) in [5.74, 6) is -2.19. The van der Waals surface area contributed by atoms with Crippen molar-refractivity contribution in [3.05, 3.63) is 101 Å². The van der Waals surface area contributed by atoms with E-state index in [2.05, 4.69) is 19.1 Å². The van der Waals surface area contributed by atoms with Crippen LogP contribution >= 0.6 is 0 Å². The molecular weight excluding hydrogens is 465 g/mol. The zero-order valence-electron chi connectivity index (χ0n) is 20.2. The SMILES string of the molecule is CC(c1ccccc1)[N+]12CCC(CC1)[C@@H](OC(=O)N(Cc1ccc(F)c(F)c1)c1cccc(F)c1)C2. The first-order valence-corrected chi connectivity index (χ1v) is 12.4. The maximum Gasteiger partial charge on any atom is 0.415 e. The second kappa shape index (κ2) is 9.97. The van der Waals surface area contributed by atoms with E-state index >= 15 is 0 Å². The Morgan fingerprint density at radius 1 is 0.972 bits per heavy atom. The van der Waals surface area contributed by atoms with Crippen LogP contribution in [-0.2, 0) is 11.3 Å². The van der Waals surface area contributed by atoms with E-state index in [1.165, 1.54) is 34.7 Å². The number of nitrogens with zero attached hydrogens (tertiary/aromatic N) is 2. The topological polar surface area (TPSA) is 29.5 Å². The summed E-state index contributed by atoms with van der Waals surface area (Å²) in [7, 11) is 0. The maximum absolute atomic E-state index is 14.0. The van der Waals surface area contributed by atoms with Crippen LogP contribution in [0.25, 0.3) is 0 Å². The van der Waals surface area contributed by atoms with Gasteiger partial charge in [-0.2, -0.15) is 0 Å². The van der Waals surface area contributed by atoms with Gasteiger partial charge in [-0.3, -0.25) is 4.90 Å². The molecule has 3 aromatic rings. The van der Waals surface area contributed by atoms with E-state index in [0.29, 0.717) is 17.8 Å².